The zero-order valence-corrected chi connectivity index (χ0v) is 13.9. The molecule has 3 N–H and O–H groups in total. The van der Waals surface area contributed by atoms with E-state index in [2.05, 4.69) is 20.8 Å². The van der Waals surface area contributed by atoms with Crippen LogP contribution >= 0.6 is 8.60 Å². The van der Waals surface area contributed by atoms with Crippen LogP contribution in [0.2, 0.25) is 0 Å². The van der Waals surface area contributed by atoms with E-state index in [0.717, 1.165) is 0 Å². The van der Waals surface area contributed by atoms with Crippen molar-refractivity contribution in [2.24, 2.45) is 5.92 Å². The molecule has 0 aliphatic carbocycles. The third kappa shape index (κ3) is 31.5. The van der Waals surface area contributed by atoms with Gasteiger partial charge in [-0.1, -0.05) is 39.5 Å². The molecule has 0 aliphatic heterocycles. The Morgan fingerprint density at radius 2 is 1.62 bits per heavy atom. The van der Waals surface area contributed by atoms with Crippen LogP contribution in [0.3, 0.4) is 0 Å². The Labute approximate surface area is 123 Å². The average Bonchev–Trinajstić information content (AvgIpc) is 1.99. The first-order chi connectivity index (χ1) is 5.54. The summed E-state index contributed by atoms with van der Waals surface area (Å²) in [5.74, 6) is 0.704. The van der Waals surface area contributed by atoms with Crippen LogP contribution in [0, 0.1) is 12.8 Å². The Morgan fingerprint density at radius 1 is 1.23 bits per heavy atom. The third-order valence-electron chi connectivity index (χ3n) is 1.54. The van der Waals surface area contributed by atoms with Crippen LogP contribution in [0.4, 0.5) is 0 Å². The molecule has 0 saturated heterocycles. The van der Waals surface area contributed by atoms with Crippen molar-refractivity contribution in [1.82, 2.24) is 0 Å². The molecule has 0 aromatic carbocycles. The standard InChI is InChI=1S/C8H17.Ba.H3O3P/c1-4-6-7-8(3)5-2;;1-4(2)3/h8H,3-7H2,1-2H3;;1-3H/q-1;+2;. The predicted octanol–water partition coefficient (Wildman–Crippen LogP) is 1.85. The van der Waals surface area contributed by atoms with Gasteiger partial charge >= 0.3 is 57.5 Å². The number of rotatable bonds is 4. The van der Waals surface area contributed by atoms with Crippen molar-refractivity contribution in [2.45, 2.75) is 39.5 Å². The molecule has 0 aromatic rings. The SMILES string of the molecule is OP(O)O.[Ba+2].[CH2-]C(CC)CCCC. The van der Waals surface area contributed by atoms with Gasteiger partial charge < -0.3 is 21.6 Å². The van der Waals surface area contributed by atoms with Gasteiger partial charge in [0.05, 0.1) is 0 Å². The molecular formula is C8H20BaO3P+. The quantitative estimate of drug-likeness (QED) is 0.418. The van der Waals surface area contributed by atoms with Gasteiger partial charge in [0.1, 0.15) is 0 Å². The molecule has 1 unspecified atom stereocenters. The molecule has 0 spiro atoms. The van der Waals surface area contributed by atoms with Gasteiger partial charge in [0.2, 0.25) is 0 Å². The van der Waals surface area contributed by atoms with E-state index in [1.54, 1.807) is 0 Å². The minimum atomic E-state index is -2.62. The number of unbranched alkanes of at least 4 members (excludes halogenated alkanes) is 1. The zero-order valence-electron chi connectivity index (χ0n) is 8.61. The van der Waals surface area contributed by atoms with Crippen molar-refractivity contribution >= 4 is 57.5 Å². The maximum Gasteiger partial charge on any atom is 2.00 e. The molecule has 76 valence electrons. The summed E-state index contributed by atoms with van der Waals surface area (Å²) in [5, 5.41) is 0. The van der Waals surface area contributed by atoms with Crippen molar-refractivity contribution in [2.75, 3.05) is 0 Å². The van der Waals surface area contributed by atoms with E-state index in [1.165, 1.54) is 25.7 Å². The van der Waals surface area contributed by atoms with Crippen LogP contribution in [0.15, 0.2) is 0 Å². The summed E-state index contributed by atoms with van der Waals surface area (Å²) in [6.45, 7) is 8.42. The molecule has 0 heterocycles. The molecule has 0 fully saturated rings. The van der Waals surface area contributed by atoms with E-state index >= 15 is 0 Å². The fraction of sp³-hybridized carbons (Fsp3) is 0.875. The van der Waals surface area contributed by atoms with Crippen molar-refractivity contribution in [3.05, 3.63) is 6.92 Å². The number of hydrogen-bond donors (Lipinski definition) is 3. The molecular weight excluding hydrogens is 312 g/mol. The second-order valence-corrected chi connectivity index (χ2v) is 3.22. The van der Waals surface area contributed by atoms with Crippen LogP contribution in [-0.4, -0.2) is 63.6 Å². The largest absolute Gasteiger partial charge is 2.00 e. The van der Waals surface area contributed by atoms with Crippen molar-refractivity contribution in [3.63, 3.8) is 0 Å². The van der Waals surface area contributed by atoms with Gasteiger partial charge in [-0.25, -0.2) is 0 Å². The van der Waals surface area contributed by atoms with Gasteiger partial charge in [0.15, 0.2) is 0 Å². The van der Waals surface area contributed by atoms with Crippen LogP contribution < -0.4 is 0 Å². The Morgan fingerprint density at radius 3 is 1.85 bits per heavy atom. The maximum absolute atomic E-state index is 7.23. The maximum atomic E-state index is 7.23. The summed E-state index contributed by atoms with van der Waals surface area (Å²) >= 11 is 0. The minimum Gasteiger partial charge on any atom is -0.340 e. The first kappa shape index (κ1) is 20.3. The third-order valence-corrected chi connectivity index (χ3v) is 1.54. The molecule has 0 bridgehead atoms. The van der Waals surface area contributed by atoms with Crippen molar-refractivity contribution in [1.29, 1.82) is 0 Å². The van der Waals surface area contributed by atoms with Crippen LogP contribution in [-0.2, 0) is 0 Å². The molecule has 1 atom stereocenters. The second-order valence-electron chi connectivity index (χ2n) is 2.68. The molecule has 3 nitrogen and oxygen atoms in total. The van der Waals surface area contributed by atoms with Gasteiger partial charge in [-0.2, -0.15) is 5.92 Å². The van der Waals surface area contributed by atoms with Crippen molar-refractivity contribution < 1.29 is 14.7 Å². The van der Waals surface area contributed by atoms with Gasteiger partial charge in [0, 0.05) is 0 Å². The summed E-state index contributed by atoms with van der Waals surface area (Å²) in [7, 11) is -2.62. The van der Waals surface area contributed by atoms with Crippen molar-refractivity contribution in [3.8, 4) is 0 Å². The first-order valence-corrected chi connectivity index (χ1v) is 5.44. The molecule has 0 saturated carbocycles. The molecule has 5 heteroatoms. The molecule has 0 aromatic heterocycles. The fourth-order valence-electron chi connectivity index (χ4n) is 0.697. The average molecular weight is 333 g/mol. The van der Waals surface area contributed by atoms with Gasteiger partial charge in [-0.05, 0) is 0 Å². The van der Waals surface area contributed by atoms with Crippen LogP contribution in [0.1, 0.15) is 39.5 Å². The van der Waals surface area contributed by atoms with E-state index in [-0.39, 0.29) is 48.9 Å². The molecule has 0 amide bonds. The predicted molar refractivity (Wildman–Crippen MR) is 58.0 cm³/mol. The van der Waals surface area contributed by atoms with Crippen LogP contribution in [0.5, 0.6) is 0 Å². The molecule has 0 aliphatic rings. The molecule has 0 rings (SSSR count). The molecule has 0 radical (unpaired) electrons. The first-order valence-electron chi connectivity index (χ1n) is 4.24. The van der Waals surface area contributed by atoms with E-state index in [4.69, 9.17) is 14.7 Å². The van der Waals surface area contributed by atoms with Gasteiger partial charge in [0.25, 0.3) is 0 Å². The summed E-state index contributed by atoms with van der Waals surface area (Å²) in [6, 6.07) is 0. The summed E-state index contributed by atoms with van der Waals surface area (Å²) in [6.07, 6.45) is 5.21. The Kier molecular flexibility index (Phi) is 25.5. The van der Waals surface area contributed by atoms with E-state index < -0.39 is 8.60 Å². The topological polar surface area (TPSA) is 60.7 Å². The van der Waals surface area contributed by atoms with E-state index in [9.17, 15) is 0 Å². The van der Waals surface area contributed by atoms with E-state index in [0.29, 0.717) is 5.92 Å². The Balaban J connectivity index is -0.000000173. The minimum absolute atomic E-state index is 0. The van der Waals surface area contributed by atoms with Gasteiger partial charge in [-0.15, -0.1) is 0 Å². The Hall–Kier alpha value is 1.88. The number of hydrogen-bond acceptors (Lipinski definition) is 3. The van der Waals surface area contributed by atoms with E-state index in [1.807, 2.05) is 0 Å². The summed E-state index contributed by atoms with van der Waals surface area (Å²) in [4.78, 5) is 21.7. The monoisotopic (exact) mass is 333 g/mol. The second kappa shape index (κ2) is 16.3. The zero-order chi connectivity index (χ0) is 9.98. The fourth-order valence-corrected chi connectivity index (χ4v) is 0.697. The summed E-state index contributed by atoms with van der Waals surface area (Å²) in [5.41, 5.74) is 0. The Bertz CT molecular complexity index is 81.0. The van der Waals surface area contributed by atoms with Gasteiger partial charge in [-0.3, -0.25) is 0 Å². The smallest absolute Gasteiger partial charge is 0.340 e. The molecule has 13 heavy (non-hydrogen) atoms. The summed E-state index contributed by atoms with van der Waals surface area (Å²) < 4.78 is 0. The van der Waals surface area contributed by atoms with Crippen LogP contribution in [0.25, 0.3) is 0 Å². The normalized spacial score (nSPS) is 11.3.